The minimum Gasteiger partial charge on any atom is -0.307 e. The van der Waals surface area contributed by atoms with Crippen LogP contribution in [0, 0.1) is 0 Å². The van der Waals surface area contributed by atoms with E-state index in [2.05, 4.69) is 19.9 Å². The number of hydrogen-bond acceptors (Lipinski definition) is 5. The highest BCUT2D eigenvalue weighted by atomic mass is 32.1. The second-order valence-corrected chi connectivity index (χ2v) is 2.61. The van der Waals surface area contributed by atoms with Gasteiger partial charge in [-0.1, -0.05) is 4.49 Å². The first kappa shape index (κ1) is 6.41. The summed E-state index contributed by atoms with van der Waals surface area (Å²) in [6.07, 6.45) is 0. The van der Waals surface area contributed by atoms with Gasteiger partial charge in [0.25, 0.3) is 0 Å². The van der Waals surface area contributed by atoms with Crippen molar-refractivity contribution in [2.24, 2.45) is 4.99 Å². The molecule has 11 heavy (non-hydrogen) atoms. The monoisotopic (exact) mass is 168 g/mol. The number of carbonyl (C=O) groups is 1. The highest BCUT2D eigenvalue weighted by Crippen LogP contribution is 2.00. The Bertz CT molecular complexity index is 304. The molecule has 56 valence electrons. The lowest BCUT2D eigenvalue weighted by molar-refractivity contribution is -0.117. The van der Waals surface area contributed by atoms with Crippen LogP contribution in [0.15, 0.2) is 10.4 Å². The van der Waals surface area contributed by atoms with Crippen LogP contribution in [-0.4, -0.2) is 27.9 Å². The van der Waals surface area contributed by atoms with Crippen molar-refractivity contribution in [2.75, 3.05) is 6.54 Å². The van der Waals surface area contributed by atoms with Crippen molar-refractivity contribution in [3.8, 4) is 0 Å². The maximum atomic E-state index is 10.7. The van der Waals surface area contributed by atoms with Crippen LogP contribution >= 0.6 is 11.5 Å². The highest BCUT2D eigenvalue weighted by Gasteiger charge is 2.16. The normalized spacial score (nSPS) is 16.4. The molecule has 0 spiro atoms. The van der Waals surface area contributed by atoms with Crippen molar-refractivity contribution in [2.45, 2.75) is 0 Å². The number of aliphatic imine (C=N–C) groups is 1. The van der Waals surface area contributed by atoms with Gasteiger partial charge in [-0.25, -0.2) is 0 Å². The lowest BCUT2D eigenvalue weighted by Crippen LogP contribution is -2.25. The van der Waals surface area contributed by atoms with Gasteiger partial charge < -0.3 is 5.32 Å². The number of aromatic nitrogens is 2. The Kier molecular flexibility index (Phi) is 1.39. The molecule has 6 heteroatoms. The molecule has 0 saturated heterocycles. The van der Waals surface area contributed by atoms with Crippen molar-refractivity contribution < 1.29 is 4.79 Å². The van der Waals surface area contributed by atoms with Crippen molar-refractivity contribution in [3.05, 3.63) is 11.1 Å². The summed E-state index contributed by atoms with van der Waals surface area (Å²) in [5.41, 5.74) is 0.640. The number of amidine groups is 1. The summed E-state index contributed by atoms with van der Waals surface area (Å²) in [6, 6.07) is 0. The van der Waals surface area contributed by atoms with Crippen LogP contribution in [0.3, 0.4) is 0 Å². The average Bonchev–Trinajstić information content (AvgIpc) is 2.55. The minimum absolute atomic E-state index is 0.0898. The molecule has 0 fully saturated rings. The maximum Gasteiger partial charge on any atom is 0.247 e. The van der Waals surface area contributed by atoms with E-state index in [1.165, 1.54) is 11.5 Å². The molecular weight excluding hydrogens is 164 g/mol. The highest BCUT2D eigenvalue weighted by molar-refractivity contribution is 7.03. The molecule has 0 bridgehead atoms. The van der Waals surface area contributed by atoms with Gasteiger partial charge in [0, 0.05) is 5.38 Å². The Morgan fingerprint density at radius 1 is 1.64 bits per heavy atom. The van der Waals surface area contributed by atoms with Crippen molar-refractivity contribution in [3.63, 3.8) is 0 Å². The first-order chi connectivity index (χ1) is 5.36. The van der Waals surface area contributed by atoms with Gasteiger partial charge in [-0.2, -0.15) is 0 Å². The first-order valence-corrected chi connectivity index (χ1v) is 3.81. The number of amides is 1. The first-order valence-electron chi connectivity index (χ1n) is 2.98. The Balaban J connectivity index is 2.26. The SMILES string of the molecule is O=C1CN=C(c2csnn2)N1. The summed E-state index contributed by atoms with van der Waals surface area (Å²) in [7, 11) is 0. The van der Waals surface area contributed by atoms with E-state index in [1.807, 2.05) is 0 Å². The van der Waals surface area contributed by atoms with Crippen LogP contribution in [0.1, 0.15) is 5.69 Å². The minimum atomic E-state index is -0.0898. The summed E-state index contributed by atoms with van der Waals surface area (Å²) in [4.78, 5) is 14.6. The van der Waals surface area contributed by atoms with E-state index in [1.54, 1.807) is 5.38 Å². The molecule has 0 saturated carbocycles. The largest absolute Gasteiger partial charge is 0.307 e. The van der Waals surface area contributed by atoms with Crippen molar-refractivity contribution in [1.82, 2.24) is 14.9 Å². The molecule has 5 nitrogen and oxygen atoms in total. The molecule has 0 aromatic carbocycles. The summed E-state index contributed by atoms with van der Waals surface area (Å²) in [6.45, 7) is 0.201. The molecule has 1 aliphatic heterocycles. The Morgan fingerprint density at radius 2 is 2.55 bits per heavy atom. The van der Waals surface area contributed by atoms with Gasteiger partial charge >= 0.3 is 0 Å². The second-order valence-electron chi connectivity index (χ2n) is 2.00. The predicted octanol–water partition coefficient (Wildman–Crippen LogP) is -0.585. The Hall–Kier alpha value is -1.30. The number of hydrogen-bond donors (Lipinski definition) is 1. The molecule has 0 atom stereocenters. The standard InChI is InChI=1S/C5H4N4OS/c10-4-1-6-5(7-4)3-2-11-9-8-3/h2H,1H2,(H,6,7,10). The van der Waals surface area contributed by atoms with Gasteiger partial charge in [-0.05, 0) is 11.5 Å². The Morgan fingerprint density at radius 3 is 3.09 bits per heavy atom. The van der Waals surface area contributed by atoms with E-state index >= 15 is 0 Å². The summed E-state index contributed by atoms with van der Waals surface area (Å²) in [5.74, 6) is 0.441. The van der Waals surface area contributed by atoms with Gasteiger partial charge in [0.2, 0.25) is 5.91 Å². The van der Waals surface area contributed by atoms with E-state index < -0.39 is 0 Å². The number of carbonyl (C=O) groups excluding carboxylic acids is 1. The predicted molar refractivity (Wildman–Crippen MR) is 39.5 cm³/mol. The van der Waals surface area contributed by atoms with Crippen LogP contribution in [0.2, 0.25) is 0 Å². The van der Waals surface area contributed by atoms with Crippen LogP contribution < -0.4 is 5.32 Å². The zero-order chi connectivity index (χ0) is 7.68. The number of nitrogens with one attached hydrogen (secondary N) is 1. The zero-order valence-corrected chi connectivity index (χ0v) is 6.26. The third-order valence-corrected chi connectivity index (χ3v) is 1.75. The molecule has 0 unspecified atom stereocenters. The fourth-order valence-corrected chi connectivity index (χ4v) is 1.22. The van der Waals surface area contributed by atoms with Crippen molar-refractivity contribution in [1.29, 1.82) is 0 Å². The molecule has 0 aliphatic carbocycles. The molecule has 2 rings (SSSR count). The molecule has 2 heterocycles. The third kappa shape index (κ3) is 1.12. The molecular formula is C5H4N4OS. The summed E-state index contributed by atoms with van der Waals surface area (Å²) in [5, 5.41) is 8.07. The van der Waals surface area contributed by atoms with E-state index in [0.29, 0.717) is 11.5 Å². The van der Waals surface area contributed by atoms with Gasteiger partial charge in [0.15, 0.2) is 5.84 Å². The number of rotatable bonds is 1. The smallest absolute Gasteiger partial charge is 0.247 e. The van der Waals surface area contributed by atoms with Crippen LogP contribution in [0.5, 0.6) is 0 Å². The lowest BCUT2D eigenvalue weighted by Gasteiger charge is -1.91. The fraction of sp³-hybridized carbons (Fsp3) is 0.200. The summed E-state index contributed by atoms with van der Waals surface area (Å²) < 4.78 is 3.65. The van der Waals surface area contributed by atoms with Gasteiger partial charge in [0.1, 0.15) is 12.2 Å². The topological polar surface area (TPSA) is 67.2 Å². The zero-order valence-electron chi connectivity index (χ0n) is 5.44. The quantitative estimate of drug-likeness (QED) is 0.609. The number of nitrogens with zero attached hydrogens (tertiary/aromatic N) is 3. The Labute approximate surface area is 66.3 Å². The van der Waals surface area contributed by atoms with E-state index in [9.17, 15) is 4.79 Å². The molecule has 1 aromatic rings. The maximum absolute atomic E-state index is 10.7. The van der Waals surface area contributed by atoms with Gasteiger partial charge in [-0.3, -0.25) is 9.79 Å². The molecule has 0 radical (unpaired) electrons. The molecule has 1 aliphatic rings. The van der Waals surface area contributed by atoms with Crippen LogP contribution in [-0.2, 0) is 4.79 Å². The molecule has 1 amide bonds. The van der Waals surface area contributed by atoms with Gasteiger partial charge in [-0.15, -0.1) is 5.10 Å². The molecule has 1 N–H and O–H groups in total. The molecule has 1 aromatic heterocycles. The van der Waals surface area contributed by atoms with Crippen LogP contribution in [0.4, 0.5) is 0 Å². The van der Waals surface area contributed by atoms with E-state index in [-0.39, 0.29) is 12.5 Å². The second kappa shape index (κ2) is 2.39. The van der Waals surface area contributed by atoms with E-state index in [4.69, 9.17) is 0 Å². The fourth-order valence-electron chi connectivity index (χ4n) is 0.775. The van der Waals surface area contributed by atoms with Gasteiger partial charge in [0.05, 0.1) is 0 Å². The average molecular weight is 168 g/mol. The third-order valence-electron chi connectivity index (χ3n) is 1.24. The lowest BCUT2D eigenvalue weighted by atomic mass is 10.4. The van der Waals surface area contributed by atoms with Crippen LogP contribution in [0.25, 0.3) is 0 Å². The summed E-state index contributed by atoms with van der Waals surface area (Å²) >= 11 is 1.23. The van der Waals surface area contributed by atoms with Crippen molar-refractivity contribution >= 4 is 23.3 Å². The van der Waals surface area contributed by atoms with E-state index in [0.717, 1.165) is 0 Å².